The van der Waals surface area contributed by atoms with E-state index in [1.807, 2.05) is 0 Å². The molecule has 0 unspecified atom stereocenters. The number of carbonyl (C=O) groups excluding carboxylic acids is 2. The van der Waals surface area contributed by atoms with E-state index in [4.69, 9.17) is 5.73 Å². The van der Waals surface area contributed by atoms with Crippen LogP contribution in [0.3, 0.4) is 0 Å². The van der Waals surface area contributed by atoms with E-state index in [0.717, 1.165) is 0 Å². The zero-order valence-electron chi connectivity index (χ0n) is 6.70. The molecule has 0 saturated carbocycles. The van der Waals surface area contributed by atoms with Gasteiger partial charge >= 0.3 is 0 Å². The average Bonchev–Trinajstić information content (AvgIpc) is 2.37. The minimum absolute atomic E-state index is 0.188. The van der Waals surface area contributed by atoms with Crippen molar-refractivity contribution >= 4 is 17.9 Å². The zero-order valence-corrected chi connectivity index (χ0v) is 6.70. The van der Waals surface area contributed by atoms with Crippen LogP contribution < -0.4 is 5.73 Å². The first-order valence-electron chi connectivity index (χ1n) is 3.55. The third-order valence-electron chi connectivity index (χ3n) is 1.64. The number of aromatic amines is 1. The molecule has 0 radical (unpaired) electrons. The fourth-order valence-corrected chi connectivity index (χ4v) is 0.999. The molecule has 1 heterocycles. The van der Waals surface area contributed by atoms with Gasteiger partial charge in [-0.25, -0.2) is 0 Å². The van der Waals surface area contributed by atoms with Gasteiger partial charge in [0.1, 0.15) is 23.8 Å². The number of aromatic nitrogens is 1. The molecule has 0 spiro atoms. The Morgan fingerprint density at radius 1 is 1.67 bits per heavy atom. The van der Waals surface area contributed by atoms with Gasteiger partial charge in [-0.2, -0.15) is 0 Å². The molecule has 64 valence electrons. The first kappa shape index (κ1) is 8.52. The van der Waals surface area contributed by atoms with Gasteiger partial charge in [-0.1, -0.05) is 0 Å². The van der Waals surface area contributed by atoms with Gasteiger partial charge in [-0.05, 0) is 19.1 Å². The van der Waals surface area contributed by atoms with E-state index in [1.54, 1.807) is 12.1 Å². The van der Waals surface area contributed by atoms with Crippen molar-refractivity contribution in [2.45, 2.75) is 12.8 Å². The Balaban J connectivity index is 2.94. The molecule has 0 amide bonds. The molecular weight excluding hydrogens is 156 g/mol. The first-order chi connectivity index (χ1) is 5.65. The normalized spacial score (nSPS) is 12.4. The van der Waals surface area contributed by atoms with Gasteiger partial charge in [0.05, 0.1) is 0 Å². The van der Waals surface area contributed by atoms with Gasteiger partial charge in [0.25, 0.3) is 0 Å². The van der Waals surface area contributed by atoms with Crippen molar-refractivity contribution < 1.29 is 9.59 Å². The number of hydrogen-bond acceptors (Lipinski definition) is 3. The molecule has 1 rings (SSSR count). The van der Waals surface area contributed by atoms with E-state index in [9.17, 15) is 9.59 Å². The molecule has 3 N–H and O–H groups in total. The molecular formula is C8H10N2O2. The molecule has 1 atom stereocenters. The van der Waals surface area contributed by atoms with E-state index in [1.165, 1.54) is 6.92 Å². The number of anilines is 1. The minimum Gasteiger partial charge on any atom is -0.385 e. The van der Waals surface area contributed by atoms with Crippen molar-refractivity contribution in [3.05, 3.63) is 17.8 Å². The van der Waals surface area contributed by atoms with Gasteiger partial charge in [-0.15, -0.1) is 0 Å². The number of nitrogens with one attached hydrogen (secondary N) is 1. The van der Waals surface area contributed by atoms with Crippen LogP contribution in [0.2, 0.25) is 0 Å². The Hall–Kier alpha value is -1.58. The summed E-state index contributed by atoms with van der Waals surface area (Å²) in [4.78, 5) is 24.1. The number of ketones is 1. The number of rotatable bonds is 3. The fraction of sp³-hybridized carbons (Fsp3) is 0.250. The fourth-order valence-electron chi connectivity index (χ4n) is 0.999. The summed E-state index contributed by atoms with van der Waals surface area (Å²) in [6, 6.07) is 3.25. The molecule has 4 heteroatoms. The standard InChI is InChI=1S/C8H10N2O2/c1-5(12)6(4-11)7-2-3-8(9)10-7/h2-4,6,10H,9H2,1H3/t6-/m0/s1. The van der Waals surface area contributed by atoms with Crippen molar-refractivity contribution in [3.8, 4) is 0 Å². The van der Waals surface area contributed by atoms with Crippen LogP contribution in [0.15, 0.2) is 12.1 Å². The Morgan fingerprint density at radius 3 is 2.67 bits per heavy atom. The average molecular weight is 166 g/mol. The number of aldehydes is 1. The Labute approximate surface area is 69.8 Å². The molecule has 0 aliphatic rings. The Morgan fingerprint density at radius 2 is 2.33 bits per heavy atom. The maximum absolute atomic E-state index is 10.9. The topological polar surface area (TPSA) is 75.9 Å². The van der Waals surface area contributed by atoms with Crippen LogP contribution in [0.1, 0.15) is 18.5 Å². The lowest BCUT2D eigenvalue weighted by Crippen LogP contribution is -2.10. The highest BCUT2D eigenvalue weighted by molar-refractivity contribution is 5.97. The highest BCUT2D eigenvalue weighted by Gasteiger charge is 2.16. The summed E-state index contributed by atoms with van der Waals surface area (Å²) >= 11 is 0. The number of Topliss-reactive ketones (excluding diaryl/α,β-unsaturated/α-hetero) is 1. The Bertz CT molecular complexity index is 304. The predicted molar refractivity (Wildman–Crippen MR) is 44.7 cm³/mol. The Kier molecular flexibility index (Phi) is 2.28. The number of hydrogen-bond donors (Lipinski definition) is 2. The summed E-state index contributed by atoms with van der Waals surface area (Å²) in [6.45, 7) is 1.37. The second kappa shape index (κ2) is 3.21. The first-order valence-corrected chi connectivity index (χ1v) is 3.55. The van der Waals surface area contributed by atoms with Crippen molar-refractivity contribution in [1.82, 2.24) is 4.98 Å². The quantitative estimate of drug-likeness (QED) is 0.506. The second-order valence-electron chi connectivity index (χ2n) is 2.59. The third-order valence-corrected chi connectivity index (χ3v) is 1.64. The van der Waals surface area contributed by atoms with Crippen LogP contribution in [-0.4, -0.2) is 17.1 Å². The van der Waals surface area contributed by atoms with E-state index in [0.29, 0.717) is 17.8 Å². The summed E-state index contributed by atoms with van der Waals surface area (Å²) in [5.41, 5.74) is 5.94. The van der Waals surface area contributed by atoms with Crippen LogP contribution in [0, 0.1) is 0 Å². The van der Waals surface area contributed by atoms with Crippen LogP contribution in [0.25, 0.3) is 0 Å². The second-order valence-corrected chi connectivity index (χ2v) is 2.59. The third kappa shape index (κ3) is 1.53. The highest BCUT2D eigenvalue weighted by Crippen LogP contribution is 2.14. The smallest absolute Gasteiger partial charge is 0.145 e. The predicted octanol–water partition coefficient (Wildman–Crippen LogP) is 0.468. The molecule has 1 aromatic rings. The number of H-pyrrole nitrogens is 1. The van der Waals surface area contributed by atoms with Gasteiger partial charge in [0, 0.05) is 5.69 Å². The lowest BCUT2D eigenvalue weighted by atomic mass is 10.0. The number of carbonyl (C=O) groups is 2. The van der Waals surface area contributed by atoms with Gasteiger partial charge in [0.2, 0.25) is 0 Å². The van der Waals surface area contributed by atoms with E-state index >= 15 is 0 Å². The zero-order chi connectivity index (χ0) is 9.14. The summed E-state index contributed by atoms with van der Waals surface area (Å²) in [7, 11) is 0. The van der Waals surface area contributed by atoms with Crippen molar-refractivity contribution in [3.63, 3.8) is 0 Å². The largest absolute Gasteiger partial charge is 0.385 e. The van der Waals surface area contributed by atoms with E-state index < -0.39 is 5.92 Å². The molecule has 0 bridgehead atoms. The van der Waals surface area contributed by atoms with Gasteiger partial charge in [0.15, 0.2) is 0 Å². The van der Waals surface area contributed by atoms with Crippen molar-refractivity contribution in [2.24, 2.45) is 0 Å². The molecule has 0 saturated heterocycles. The molecule has 0 fully saturated rings. The molecule has 0 aliphatic heterocycles. The lowest BCUT2D eigenvalue weighted by Gasteiger charge is -2.01. The molecule has 1 aromatic heterocycles. The lowest BCUT2D eigenvalue weighted by molar-refractivity contribution is -0.122. The van der Waals surface area contributed by atoms with Crippen LogP contribution in [-0.2, 0) is 9.59 Å². The molecule has 4 nitrogen and oxygen atoms in total. The van der Waals surface area contributed by atoms with E-state index in [2.05, 4.69) is 4.98 Å². The highest BCUT2D eigenvalue weighted by atomic mass is 16.1. The van der Waals surface area contributed by atoms with Crippen molar-refractivity contribution in [2.75, 3.05) is 5.73 Å². The summed E-state index contributed by atoms with van der Waals surface area (Å²) < 4.78 is 0. The molecule has 0 aromatic carbocycles. The monoisotopic (exact) mass is 166 g/mol. The maximum Gasteiger partial charge on any atom is 0.145 e. The van der Waals surface area contributed by atoms with Crippen LogP contribution in [0.4, 0.5) is 5.82 Å². The van der Waals surface area contributed by atoms with Crippen molar-refractivity contribution in [1.29, 1.82) is 0 Å². The van der Waals surface area contributed by atoms with E-state index in [-0.39, 0.29) is 5.78 Å². The summed E-state index contributed by atoms with van der Waals surface area (Å²) in [5.74, 6) is -0.438. The number of nitrogen functional groups attached to an aromatic ring is 1. The van der Waals surface area contributed by atoms with Gasteiger partial charge in [-0.3, -0.25) is 4.79 Å². The molecule has 0 aliphatic carbocycles. The van der Waals surface area contributed by atoms with Crippen LogP contribution in [0.5, 0.6) is 0 Å². The summed E-state index contributed by atoms with van der Waals surface area (Å²) in [5, 5.41) is 0. The molecule has 12 heavy (non-hydrogen) atoms. The SMILES string of the molecule is CC(=O)[C@H](C=O)c1ccc(N)[nH]1. The minimum atomic E-state index is -0.706. The maximum atomic E-state index is 10.9. The number of nitrogens with two attached hydrogens (primary N) is 1. The summed E-state index contributed by atoms with van der Waals surface area (Å²) in [6.07, 6.45) is 0.605. The van der Waals surface area contributed by atoms with Gasteiger partial charge < -0.3 is 15.5 Å². The van der Waals surface area contributed by atoms with Crippen LogP contribution >= 0.6 is 0 Å².